The van der Waals surface area contributed by atoms with Crippen LogP contribution in [0.25, 0.3) is 0 Å². The van der Waals surface area contributed by atoms with Crippen molar-refractivity contribution < 1.29 is 14.2 Å². The van der Waals surface area contributed by atoms with Crippen LogP contribution >= 0.6 is 0 Å². The summed E-state index contributed by atoms with van der Waals surface area (Å²) in [6.07, 6.45) is 0. The molecule has 2 heterocycles. The van der Waals surface area contributed by atoms with E-state index in [9.17, 15) is 24.6 Å². The third-order valence-corrected chi connectivity index (χ3v) is 7.54. The quantitative estimate of drug-likeness (QED) is 0.185. The van der Waals surface area contributed by atoms with Gasteiger partial charge in [-0.3, -0.25) is 30.0 Å². The van der Waals surface area contributed by atoms with Crippen molar-refractivity contribution in [2.24, 2.45) is 0 Å². The lowest BCUT2D eigenvalue weighted by molar-refractivity contribution is -0.385. The molecule has 11 heteroatoms. The minimum Gasteiger partial charge on any atom is -0.369 e. The van der Waals surface area contributed by atoms with Crippen LogP contribution in [0.5, 0.6) is 0 Å². The van der Waals surface area contributed by atoms with Crippen molar-refractivity contribution in [1.82, 2.24) is 15.1 Å². The third kappa shape index (κ3) is 12.0. The molecule has 2 aliphatic heterocycles. The molecule has 0 aliphatic carbocycles. The molecular weight excluding hydrogens is 587 g/mol. The van der Waals surface area contributed by atoms with Gasteiger partial charge in [0.05, 0.1) is 9.85 Å². The third-order valence-electron chi connectivity index (χ3n) is 7.54. The van der Waals surface area contributed by atoms with Gasteiger partial charge >= 0.3 is 0 Å². The maximum Gasteiger partial charge on any atom is 0.269 e. The average molecular weight is 631 g/mol. The Labute approximate surface area is 270 Å². The van der Waals surface area contributed by atoms with Crippen LogP contribution in [0.4, 0.5) is 21.5 Å². The monoisotopic (exact) mass is 630 g/mol. The van der Waals surface area contributed by atoms with Crippen molar-refractivity contribution >= 4 is 17.1 Å². The van der Waals surface area contributed by atoms with Gasteiger partial charge in [-0.15, -0.1) is 0 Å². The zero-order valence-electron chi connectivity index (χ0n) is 25.2. The molecule has 0 radical (unpaired) electrons. The number of nitro groups is 2. The van der Waals surface area contributed by atoms with Crippen molar-refractivity contribution in [3.63, 3.8) is 0 Å². The highest BCUT2D eigenvalue weighted by Gasteiger charge is 2.18. The highest BCUT2D eigenvalue weighted by Crippen LogP contribution is 2.21. The molecule has 46 heavy (non-hydrogen) atoms. The SMILES string of the molecule is C.O=[N+]([O-])c1ccc(F)cc1.O=[N+]([O-])c1ccc(N2CCN(Cc3ccccc3)CC2)cc1.c1ccc(CN2CCNCC2)cc1. The van der Waals surface area contributed by atoms with E-state index >= 15 is 0 Å². The van der Waals surface area contributed by atoms with Crippen LogP contribution in [0.3, 0.4) is 0 Å². The molecule has 0 aromatic heterocycles. The normalized spacial score (nSPS) is 14.8. The van der Waals surface area contributed by atoms with Gasteiger partial charge in [0, 0.05) is 95.4 Å². The Morgan fingerprint density at radius 2 is 1.00 bits per heavy atom. The average Bonchev–Trinajstić information content (AvgIpc) is 3.07. The number of nitrogens with zero attached hydrogens (tertiary/aromatic N) is 5. The predicted octanol–water partition coefficient (Wildman–Crippen LogP) is 6.38. The van der Waals surface area contributed by atoms with Crippen LogP contribution in [-0.4, -0.2) is 72.0 Å². The first kappa shape index (κ1) is 35.8. The summed E-state index contributed by atoms with van der Waals surface area (Å²) in [6.45, 7) is 10.6. The fraction of sp³-hybridized carbons (Fsp3) is 0.314. The van der Waals surface area contributed by atoms with E-state index in [0.717, 1.165) is 82.3 Å². The second kappa shape index (κ2) is 18.9. The van der Waals surface area contributed by atoms with Gasteiger partial charge in [-0.05, 0) is 35.4 Å². The van der Waals surface area contributed by atoms with E-state index in [-0.39, 0.29) is 23.7 Å². The zero-order valence-corrected chi connectivity index (χ0v) is 25.2. The molecule has 4 aromatic rings. The number of halogens is 1. The Bertz CT molecular complexity index is 1450. The molecule has 10 nitrogen and oxygen atoms in total. The van der Waals surface area contributed by atoms with Crippen LogP contribution in [0, 0.1) is 26.0 Å². The molecule has 0 bridgehead atoms. The first-order valence-corrected chi connectivity index (χ1v) is 15.0. The van der Waals surface area contributed by atoms with Gasteiger partial charge in [-0.25, -0.2) is 4.39 Å². The first-order chi connectivity index (χ1) is 21.9. The zero-order chi connectivity index (χ0) is 31.9. The van der Waals surface area contributed by atoms with E-state index in [2.05, 4.69) is 74.6 Å². The largest absolute Gasteiger partial charge is 0.369 e. The van der Waals surface area contributed by atoms with Gasteiger partial charge in [-0.1, -0.05) is 68.1 Å². The molecule has 4 aromatic carbocycles. The second-order valence-corrected chi connectivity index (χ2v) is 10.8. The Hall–Kier alpha value is -4.71. The molecule has 244 valence electrons. The fourth-order valence-electron chi connectivity index (χ4n) is 5.06. The minimum absolute atomic E-state index is 0. The van der Waals surface area contributed by atoms with Crippen molar-refractivity contribution in [2.45, 2.75) is 20.5 Å². The summed E-state index contributed by atoms with van der Waals surface area (Å²) < 4.78 is 12.1. The van der Waals surface area contributed by atoms with Crippen LogP contribution < -0.4 is 10.2 Å². The van der Waals surface area contributed by atoms with E-state index in [1.165, 1.54) is 24.2 Å². The second-order valence-electron chi connectivity index (χ2n) is 10.8. The number of non-ortho nitro benzene ring substituents is 2. The number of nitro benzene ring substituents is 2. The number of rotatable bonds is 7. The lowest BCUT2D eigenvalue weighted by Gasteiger charge is -2.36. The lowest BCUT2D eigenvalue weighted by Crippen LogP contribution is -2.45. The van der Waals surface area contributed by atoms with Gasteiger partial charge in [0.2, 0.25) is 0 Å². The van der Waals surface area contributed by atoms with E-state index in [0.29, 0.717) is 0 Å². The van der Waals surface area contributed by atoms with Crippen LogP contribution in [-0.2, 0) is 13.1 Å². The summed E-state index contributed by atoms with van der Waals surface area (Å²) in [5, 5.41) is 24.0. The maximum atomic E-state index is 12.1. The van der Waals surface area contributed by atoms with Crippen molar-refractivity contribution in [2.75, 3.05) is 57.3 Å². The molecule has 1 N–H and O–H groups in total. The van der Waals surface area contributed by atoms with Crippen molar-refractivity contribution in [3.8, 4) is 0 Å². The Morgan fingerprint density at radius 3 is 1.43 bits per heavy atom. The maximum absolute atomic E-state index is 12.1. The summed E-state index contributed by atoms with van der Waals surface area (Å²) in [7, 11) is 0. The van der Waals surface area contributed by atoms with Crippen molar-refractivity contribution in [1.29, 1.82) is 0 Å². The highest BCUT2D eigenvalue weighted by molar-refractivity contribution is 5.51. The number of anilines is 1. The molecule has 0 atom stereocenters. The molecule has 0 spiro atoms. The summed E-state index contributed by atoms with van der Waals surface area (Å²) in [5.74, 6) is -0.467. The van der Waals surface area contributed by atoms with Crippen LogP contribution in [0.2, 0.25) is 0 Å². The van der Waals surface area contributed by atoms with Crippen LogP contribution in [0.1, 0.15) is 18.6 Å². The number of piperazine rings is 2. The van der Waals surface area contributed by atoms with Crippen LogP contribution in [0.15, 0.2) is 109 Å². The number of benzene rings is 4. The number of nitrogens with one attached hydrogen (secondary N) is 1. The van der Waals surface area contributed by atoms with E-state index in [4.69, 9.17) is 0 Å². The minimum atomic E-state index is -0.570. The molecule has 0 unspecified atom stereocenters. The van der Waals surface area contributed by atoms with Gasteiger partial charge in [0.1, 0.15) is 5.82 Å². The summed E-state index contributed by atoms with van der Waals surface area (Å²) in [6, 6.07) is 32.3. The molecule has 2 saturated heterocycles. The van der Waals surface area contributed by atoms with Gasteiger partial charge in [0.15, 0.2) is 0 Å². The molecule has 0 saturated carbocycles. The van der Waals surface area contributed by atoms with E-state index in [1.807, 2.05) is 18.2 Å². The Kier molecular flexibility index (Phi) is 14.7. The lowest BCUT2D eigenvalue weighted by atomic mass is 10.2. The Balaban J connectivity index is 0.000000204. The molecule has 6 rings (SSSR count). The van der Waals surface area contributed by atoms with Gasteiger partial charge < -0.3 is 10.2 Å². The van der Waals surface area contributed by atoms with Gasteiger partial charge in [-0.2, -0.15) is 0 Å². The predicted molar refractivity (Wildman–Crippen MR) is 181 cm³/mol. The molecule has 2 aliphatic rings. The van der Waals surface area contributed by atoms with Gasteiger partial charge in [0.25, 0.3) is 11.4 Å². The van der Waals surface area contributed by atoms with E-state index in [1.54, 1.807) is 12.1 Å². The smallest absolute Gasteiger partial charge is 0.269 e. The van der Waals surface area contributed by atoms with E-state index < -0.39 is 10.7 Å². The highest BCUT2D eigenvalue weighted by atomic mass is 19.1. The Morgan fingerprint density at radius 1 is 0.587 bits per heavy atom. The molecule has 0 amide bonds. The number of hydrogen-bond donors (Lipinski definition) is 1. The first-order valence-electron chi connectivity index (χ1n) is 15.0. The van der Waals surface area contributed by atoms with Crippen molar-refractivity contribution in [3.05, 3.63) is 146 Å². The summed E-state index contributed by atoms with van der Waals surface area (Å²) >= 11 is 0. The topological polar surface area (TPSA) is 108 Å². The fourth-order valence-corrected chi connectivity index (χ4v) is 5.06. The standard InChI is InChI=1S/C17H19N3O2.C11H16N2.C6H4FNO2.CH4/c21-20(22)17-8-6-16(7-9-17)19-12-10-18(11-13-19)14-15-4-2-1-3-5-15;1-2-4-11(5-3-1)10-13-8-6-12-7-9-13;7-5-1-3-6(4-2-5)8(9)10;/h1-9H,10-14H2;1-5,12H,6-10H2;1-4H;1H4. The molecule has 2 fully saturated rings. The number of hydrogen-bond acceptors (Lipinski definition) is 8. The summed E-state index contributed by atoms with van der Waals surface area (Å²) in [4.78, 5) is 27.0. The molecular formula is C35H43FN6O4. The summed E-state index contributed by atoms with van der Waals surface area (Å²) in [5.41, 5.74) is 3.87.